The maximum Gasteiger partial charge on any atom is 0.244 e. The van der Waals surface area contributed by atoms with E-state index in [0.717, 1.165) is 12.8 Å². The normalized spacial score (nSPS) is 19.2. The molecule has 0 spiro atoms. The number of aliphatic hydroxyl groups is 1. The summed E-state index contributed by atoms with van der Waals surface area (Å²) in [4.78, 5) is 25.5. The zero-order valence-electron chi connectivity index (χ0n) is 12.9. The number of nitrogens with zero attached hydrogens (tertiary/aromatic N) is 1. The summed E-state index contributed by atoms with van der Waals surface area (Å²) in [6.07, 6.45) is 6.47. The van der Waals surface area contributed by atoms with Crippen LogP contribution in [0.1, 0.15) is 52.4 Å². The molecule has 0 aromatic heterocycles. The second-order valence-corrected chi connectivity index (χ2v) is 5.98. The van der Waals surface area contributed by atoms with Crippen molar-refractivity contribution in [3.8, 4) is 0 Å². The van der Waals surface area contributed by atoms with Crippen molar-refractivity contribution in [3.63, 3.8) is 0 Å². The van der Waals surface area contributed by atoms with Gasteiger partial charge in [-0.15, -0.1) is 0 Å². The van der Waals surface area contributed by atoms with Crippen LogP contribution in [0.5, 0.6) is 0 Å². The summed E-state index contributed by atoms with van der Waals surface area (Å²) in [7, 11) is 1.65. The lowest BCUT2D eigenvalue weighted by atomic mass is 9.87. The first-order valence-corrected chi connectivity index (χ1v) is 7.62. The highest BCUT2D eigenvalue weighted by atomic mass is 16.3. The molecule has 0 radical (unpaired) electrons. The Kier molecular flexibility index (Phi) is 6.99. The van der Waals surface area contributed by atoms with Crippen molar-refractivity contribution in [3.05, 3.63) is 0 Å². The molecule has 0 aromatic carbocycles. The molecule has 0 aromatic rings. The Morgan fingerprint density at radius 1 is 1.25 bits per heavy atom. The highest BCUT2D eigenvalue weighted by Gasteiger charge is 2.24. The number of amides is 2. The van der Waals surface area contributed by atoms with Crippen molar-refractivity contribution in [1.82, 2.24) is 10.2 Å². The molecule has 1 saturated carbocycles. The van der Waals surface area contributed by atoms with E-state index in [0.29, 0.717) is 12.3 Å². The molecular formula is C15H28N2O3. The lowest BCUT2D eigenvalue weighted by Crippen LogP contribution is -2.49. The maximum absolute atomic E-state index is 12.1. The summed E-state index contributed by atoms with van der Waals surface area (Å²) in [5, 5.41) is 11.8. The smallest absolute Gasteiger partial charge is 0.244 e. The Bertz CT molecular complexity index is 327. The fourth-order valence-corrected chi connectivity index (χ4v) is 2.66. The van der Waals surface area contributed by atoms with Gasteiger partial charge in [0, 0.05) is 13.5 Å². The number of nitrogens with one attached hydrogen (secondary N) is 1. The number of rotatable bonds is 6. The number of carbonyl (C=O) groups is 2. The molecule has 1 fully saturated rings. The van der Waals surface area contributed by atoms with Crippen LogP contribution in [0, 0.1) is 5.92 Å². The van der Waals surface area contributed by atoms with Gasteiger partial charge in [-0.05, 0) is 32.6 Å². The molecule has 2 amide bonds. The molecule has 5 heteroatoms. The monoisotopic (exact) mass is 284 g/mol. The van der Waals surface area contributed by atoms with Crippen LogP contribution in [0.3, 0.4) is 0 Å². The fourth-order valence-electron chi connectivity index (χ4n) is 2.66. The summed E-state index contributed by atoms with van der Waals surface area (Å²) in [6, 6.07) is -0.773. The Hall–Kier alpha value is -1.10. The van der Waals surface area contributed by atoms with Gasteiger partial charge < -0.3 is 15.3 Å². The third-order valence-corrected chi connectivity index (χ3v) is 4.22. The zero-order valence-corrected chi connectivity index (χ0v) is 12.9. The quantitative estimate of drug-likeness (QED) is 0.772. The van der Waals surface area contributed by atoms with Gasteiger partial charge in [0.05, 0.1) is 12.6 Å². The summed E-state index contributed by atoms with van der Waals surface area (Å²) >= 11 is 0. The van der Waals surface area contributed by atoms with Crippen LogP contribution in [0.25, 0.3) is 0 Å². The molecule has 2 unspecified atom stereocenters. The summed E-state index contributed by atoms with van der Waals surface area (Å²) in [5.41, 5.74) is 0. The molecule has 2 atom stereocenters. The van der Waals surface area contributed by atoms with E-state index in [1.165, 1.54) is 24.2 Å². The molecule has 1 aliphatic rings. The molecule has 0 saturated heterocycles. The summed E-state index contributed by atoms with van der Waals surface area (Å²) < 4.78 is 0. The number of hydrogen-bond donors (Lipinski definition) is 2. The van der Waals surface area contributed by atoms with Gasteiger partial charge in [-0.2, -0.15) is 0 Å². The van der Waals surface area contributed by atoms with Crippen molar-refractivity contribution in [2.24, 2.45) is 5.92 Å². The number of hydrogen-bond acceptors (Lipinski definition) is 3. The lowest BCUT2D eigenvalue weighted by molar-refractivity contribution is -0.137. The molecular weight excluding hydrogens is 256 g/mol. The Balaban J connectivity index is 2.38. The topological polar surface area (TPSA) is 69.6 Å². The minimum Gasteiger partial charge on any atom is -0.394 e. The molecule has 0 heterocycles. The minimum atomic E-state index is -0.537. The third kappa shape index (κ3) is 5.12. The van der Waals surface area contributed by atoms with E-state index in [9.17, 15) is 9.59 Å². The van der Waals surface area contributed by atoms with E-state index in [1.807, 2.05) is 0 Å². The Morgan fingerprint density at radius 2 is 1.85 bits per heavy atom. The van der Waals surface area contributed by atoms with Gasteiger partial charge in [-0.1, -0.05) is 19.3 Å². The first kappa shape index (κ1) is 17.0. The fraction of sp³-hybridized carbons (Fsp3) is 0.867. The van der Waals surface area contributed by atoms with Crippen molar-refractivity contribution in [2.45, 2.75) is 64.5 Å². The van der Waals surface area contributed by atoms with Crippen LogP contribution in [-0.4, -0.2) is 47.6 Å². The van der Waals surface area contributed by atoms with Gasteiger partial charge in [0.1, 0.15) is 6.04 Å². The molecule has 1 rings (SSSR count). The van der Waals surface area contributed by atoms with Crippen molar-refractivity contribution in [1.29, 1.82) is 0 Å². The van der Waals surface area contributed by atoms with Gasteiger partial charge in [-0.25, -0.2) is 0 Å². The van der Waals surface area contributed by atoms with Crippen LogP contribution in [0.15, 0.2) is 0 Å². The Morgan fingerprint density at radius 3 is 2.40 bits per heavy atom. The maximum atomic E-state index is 12.1. The van der Waals surface area contributed by atoms with Gasteiger partial charge >= 0.3 is 0 Å². The second-order valence-electron chi connectivity index (χ2n) is 5.98. The van der Waals surface area contributed by atoms with Gasteiger partial charge in [0.25, 0.3) is 0 Å². The van der Waals surface area contributed by atoms with E-state index in [2.05, 4.69) is 5.32 Å². The largest absolute Gasteiger partial charge is 0.394 e. The predicted molar refractivity (Wildman–Crippen MR) is 78.1 cm³/mol. The van der Waals surface area contributed by atoms with Gasteiger partial charge in [0.15, 0.2) is 0 Å². The molecule has 5 nitrogen and oxygen atoms in total. The molecule has 20 heavy (non-hydrogen) atoms. The van der Waals surface area contributed by atoms with Crippen LogP contribution in [-0.2, 0) is 9.59 Å². The SMILES string of the molecule is CC(NC(=O)CC1CCCCC1)C(=O)N(C)C(C)CO. The van der Waals surface area contributed by atoms with Crippen molar-refractivity contribution < 1.29 is 14.7 Å². The molecule has 116 valence electrons. The third-order valence-electron chi connectivity index (χ3n) is 4.22. The van der Waals surface area contributed by atoms with E-state index < -0.39 is 6.04 Å². The Labute approximate surface area is 121 Å². The first-order chi connectivity index (χ1) is 9.45. The van der Waals surface area contributed by atoms with Gasteiger partial charge in [0.2, 0.25) is 11.8 Å². The van der Waals surface area contributed by atoms with Crippen LogP contribution < -0.4 is 5.32 Å². The number of carbonyl (C=O) groups excluding carboxylic acids is 2. The highest BCUT2D eigenvalue weighted by molar-refractivity contribution is 5.87. The summed E-state index contributed by atoms with van der Waals surface area (Å²) in [5.74, 6) is 0.270. The predicted octanol–water partition coefficient (Wildman–Crippen LogP) is 1.30. The van der Waals surface area contributed by atoms with E-state index in [1.54, 1.807) is 20.9 Å². The number of aliphatic hydroxyl groups excluding tert-OH is 1. The second kappa shape index (κ2) is 8.25. The van der Waals surface area contributed by atoms with Crippen LogP contribution in [0.4, 0.5) is 0 Å². The molecule has 1 aliphatic carbocycles. The van der Waals surface area contributed by atoms with Crippen molar-refractivity contribution >= 4 is 11.8 Å². The van der Waals surface area contributed by atoms with E-state index in [-0.39, 0.29) is 24.5 Å². The van der Waals surface area contributed by atoms with E-state index >= 15 is 0 Å². The zero-order chi connectivity index (χ0) is 15.1. The standard InChI is InChI=1S/C15H28N2O3/c1-11(10-18)17(3)15(20)12(2)16-14(19)9-13-7-5-4-6-8-13/h11-13,18H,4-10H2,1-3H3,(H,16,19). The number of likely N-dealkylation sites (N-methyl/N-ethyl adjacent to an activating group) is 1. The van der Waals surface area contributed by atoms with Crippen molar-refractivity contribution in [2.75, 3.05) is 13.7 Å². The lowest BCUT2D eigenvalue weighted by Gasteiger charge is -2.27. The van der Waals surface area contributed by atoms with Gasteiger partial charge in [-0.3, -0.25) is 9.59 Å². The highest BCUT2D eigenvalue weighted by Crippen LogP contribution is 2.26. The van der Waals surface area contributed by atoms with Crippen LogP contribution in [0.2, 0.25) is 0 Å². The molecule has 2 N–H and O–H groups in total. The molecule has 0 bridgehead atoms. The van der Waals surface area contributed by atoms with E-state index in [4.69, 9.17) is 5.11 Å². The average Bonchev–Trinajstić information content (AvgIpc) is 2.45. The minimum absolute atomic E-state index is 0.0391. The summed E-state index contributed by atoms with van der Waals surface area (Å²) in [6.45, 7) is 3.39. The molecule has 0 aliphatic heterocycles. The first-order valence-electron chi connectivity index (χ1n) is 7.62. The average molecular weight is 284 g/mol. The van der Waals surface area contributed by atoms with Crippen LogP contribution >= 0.6 is 0 Å².